The third-order valence-corrected chi connectivity index (χ3v) is 4.61. The van der Waals surface area contributed by atoms with Crippen molar-refractivity contribution in [3.63, 3.8) is 0 Å². The van der Waals surface area contributed by atoms with Crippen molar-refractivity contribution in [3.05, 3.63) is 28.2 Å². The van der Waals surface area contributed by atoms with Gasteiger partial charge in [0, 0.05) is 18.7 Å². The van der Waals surface area contributed by atoms with Gasteiger partial charge in [0.15, 0.2) is 0 Å². The number of alkyl halides is 1. The van der Waals surface area contributed by atoms with Crippen LogP contribution in [-0.4, -0.2) is 34.1 Å². The molecule has 2 rings (SSSR count). The van der Waals surface area contributed by atoms with Crippen molar-refractivity contribution < 1.29 is 4.39 Å². The first-order valence-electron chi connectivity index (χ1n) is 7.04. The van der Waals surface area contributed by atoms with Gasteiger partial charge in [-0.05, 0) is 55.9 Å². The Hall–Kier alpha value is -0.650. The van der Waals surface area contributed by atoms with E-state index in [0.717, 1.165) is 36.4 Å². The second-order valence-electron chi connectivity index (χ2n) is 5.50. The van der Waals surface area contributed by atoms with E-state index in [9.17, 15) is 4.39 Å². The molecule has 21 heavy (non-hydrogen) atoms. The molecule has 0 aliphatic rings. The molecule has 0 aliphatic carbocycles. The van der Waals surface area contributed by atoms with Crippen LogP contribution < -0.4 is 0 Å². The predicted octanol–water partition coefficient (Wildman–Crippen LogP) is 4.41. The lowest BCUT2D eigenvalue weighted by molar-refractivity contribution is 0.265. The highest BCUT2D eigenvalue weighted by molar-refractivity contribution is 9.10. The van der Waals surface area contributed by atoms with Crippen molar-refractivity contribution in [2.75, 3.05) is 13.6 Å². The minimum Gasteiger partial charge on any atom is -0.327 e. The van der Waals surface area contributed by atoms with Crippen LogP contribution in [0.4, 0.5) is 4.39 Å². The van der Waals surface area contributed by atoms with Crippen LogP contribution in [0.25, 0.3) is 11.0 Å². The molecular weight excluding hydrogens is 357 g/mol. The smallest absolute Gasteiger partial charge is 0.139 e. The molecule has 0 unspecified atom stereocenters. The minimum atomic E-state index is -0.274. The van der Waals surface area contributed by atoms with Gasteiger partial charge >= 0.3 is 0 Å². The molecule has 2 aromatic rings. The predicted molar refractivity (Wildman–Crippen MR) is 89.3 cm³/mol. The van der Waals surface area contributed by atoms with Gasteiger partial charge in [0.1, 0.15) is 11.6 Å². The maximum atomic E-state index is 13.8. The summed E-state index contributed by atoms with van der Waals surface area (Å²) in [6.45, 7) is 6.11. The van der Waals surface area contributed by atoms with Gasteiger partial charge < -0.3 is 9.47 Å². The topological polar surface area (TPSA) is 21.1 Å². The fourth-order valence-electron chi connectivity index (χ4n) is 2.26. The Labute approximate surface area is 138 Å². The summed E-state index contributed by atoms with van der Waals surface area (Å²) in [6.07, 6.45) is 0.974. The number of nitrogens with zero attached hydrogens (tertiary/aromatic N) is 3. The zero-order valence-corrected chi connectivity index (χ0v) is 14.9. The van der Waals surface area contributed by atoms with Crippen LogP contribution in [-0.2, 0) is 12.4 Å². The third-order valence-electron chi connectivity index (χ3n) is 3.76. The summed E-state index contributed by atoms with van der Waals surface area (Å²) < 4.78 is 16.2. The van der Waals surface area contributed by atoms with Crippen molar-refractivity contribution >= 4 is 38.6 Å². The maximum Gasteiger partial charge on any atom is 0.139 e. The first kappa shape index (κ1) is 16.7. The summed E-state index contributed by atoms with van der Waals surface area (Å²) >= 11 is 9.17. The Morgan fingerprint density at radius 3 is 2.76 bits per heavy atom. The van der Waals surface area contributed by atoms with Crippen molar-refractivity contribution in [2.24, 2.45) is 0 Å². The lowest BCUT2D eigenvalue weighted by Crippen LogP contribution is -2.28. The molecule has 0 bridgehead atoms. The number of imidazole rings is 1. The first-order valence-corrected chi connectivity index (χ1v) is 8.37. The molecule has 0 atom stereocenters. The fourth-order valence-corrected chi connectivity index (χ4v) is 2.79. The second kappa shape index (κ2) is 7.07. The first-order chi connectivity index (χ1) is 9.93. The Kier molecular flexibility index (Phi) is 5.63. The van der Waals surface area contributed by atoms with Crippen LogP contribution in [0.2, 0.25) is 0 Å². The molecule has 0 fully saturated rings. The highest BCUT2D eigenvalue weighted by atomic mass is 79.9. The van der Waals surface area contributed by atoms with Crippen LogP contribution in [0.3, 0.4) is 0 Å². The van der Waals surface area contributed by atoms with E-state index in [-0.39, 0.29) is 5.82 Å². The molecule has 0 spiro atoms. The zero-order chi connectivity index (χ0) is 15.6. The van der Waals surface area contributed by atoms with E-state index < -0.39 is 0 Å². The average molecular weight is 377 g/mol. The van der Waals surface area contributed by atoms with Gasteiger partial charge in [0.2, 0.25) is 0 Å². The minimum absolute atomic E-state index is 0.274. The summed E-state index contributed by atoms with van der Waals surface area (Å²) in [4.78, 5) is 6.78. The molecule has 0 amide bonds. The number of halogens is 3. The molecule has 116 valence electrons. The molecule has 3 nitrogen and oxygen atoms in total. The summed E-state index contributed by atoms with van der Waals surface area (Å²) in [7, 11) is 2.11. The Bertz CT molecular complexity index is 627. The van der Waals surface area contributed by atoms with Gasteiger partial charge in [0.25, 0.3) is 0 Å². The quantitative estimate of drug-likeness (QED) is 0.696. The Morgan fingerprint density at radius 1 is 1.43 bits per heavy atom. The van der Waals surface area contributed by atoms with Crippen LogP contribution in [0.15, 0.2) is 16.6 Å². The van der Waals surface area contributed by atoms with Gasteiger partial charge in [-0.3, -0.25) is 0 Å². The number of hydrogen-bond donors (Lipinski definition) is 0. The molecule has 0 radical (unpaired) electrons. The number of benzene rings is 1. The molecule has 1 heterocycles. The van der Waals surface area contributed by atoms with Crippen molar-refractivity contribution in [3.8, 4) is 0 Å². The highest BCUT2D eigenvalue weighted by Crippen LogP contribution is 2.25. The number of aromatic nitrogens is 2. The lowest BCUT2D eigenvalue weighted by atomic mass is 10.3. The Morgan fingerprint density at radius 2 is 2.14 bits per heavy atom. The largest absolute Gasteiger partial charge is 0.327 e. The average Bonchev–Trinajstić information content (AvgIpc) is 2.76. The number of fused-ring (bicyclic) bond motifs is 1. The molecule has 6 heteroatoms. The summed E-state index contributed by atoms with van der Waals surface area (Å²) in [5.41, 5.74) is 1.58. The van der Waals surface area contributed by atoms with Crippen molar-refractivity contribution in [1.82, 2.24) is 14.5 Å². The fraction of sp³-hybridized carbons (Fsp3) is 0.533. The molecule has 0 saturated heterocycles. The monoisotopic (exact) mass is 375 g/mol. The van der Waals surface area contributed by atoms with E-state index >= 15 is 0 Å². The van der Waals surface area contributed by atoms with E-state index in [1.807, 2.05) is 4.57 Å². The molecule has 0 aliphatic heterocycles. The molecule has 1 aromatic heterocycles. The van der Waals surface area contributed by atoms with Crippen LogP contribution >= 0.6 is 27.5 Å². The summed E-state index contributed by atoms with van der Waals surface area (Å²) in [5, 5.41) is 0. The summed E-state index contributed by atoms with van der Waals surface area (Å²) in [6, 6.07) is 3.75. The van der Waals surface area contributed by atoms with Crippen LogP contribution in [0.5, 0.6) is 0 Å². The zero-order valence-electron chi connectivity index (χ0n) is 12.5. The van der Waals surface area contributed by atoms with Gasteiger partial charge in [-0.15, -0.1) is 11.6 Å². The normalized spacial score (nSPS) is 12.0. The van der Waals surface area contributed by atoms with Crippen LogP contribution in [0.1, 0.15) is 26.1 Å². The van der Waals surface area contributed by atoms with Gasteiger partial charge in [-0.1, -0.05) is 0 Å². The number of aryl methyl sites for hydroxylation is 1. The number of rotatable bonds is 6. The van der Waals surface area contributed by atoms with E-state index in [0.29, 0.717) is 16.4 Å². The standard InChI is InChI=1S/C15H20BrClFN3/c1-10(2)20(3)5-4-6-21-14-8-12(18)11(16)7-13(14)19-15(21)9-17/h7-8,10H,4-6,9H2,1-3H3. The van der Waals surface area contributed by atoms with Gasteiger partial charge in [-0.2, -0.15) is 0 Å². The van der Waals surface area contributed by atoms with Crippen LogP contribution in [0, 0.1) is 5.82 Å². The highest BCUT2D eigenvalue weighted by Gasteiger charge is 2.13. The third kappa shape index (κ3) is 3.76. The van der Waals surface area contributed by atoms with E-state index in [1.165, 1.54) is 6.07 Å². The number of hydrogen-bond acceptors (Lipinski definition) is 2. The summed E-state index contributed by atoms with van der Waals surface area (Å²) in [5.74, 6) is 0.842. The molecular formula is C15H20BrClFN3. The molecule has 0 N–H and O–H groups in total. The Balaban J connectivity index is 2.23. The maximum absolute atomic E-state index is 13.8. The van der Waals surface area contributed by atoms with Crippen molar-refractivity contribution in [2.45, 2.75) is 38.7 Å². The van der Waals surface area contributed by atoms with Crippen molar-refractivity contribution in [1.29, 1.82) is 0 Å². The van der Waals surface area contributed by atoms with E-state index in [1.54, 1.807) is 6.07 Å². The van der Waals surface area contributed by atoms with E-state index in [2.05, 4.69) is 46.7 Å². The lowest BCUT2D eigenvalue weighted by Gasteiger charge is -2.21. The van der Waals surface area contributed by atoms with Gasteiger partial charge in [0.05, 0.1) is 21.4 Å². The van der Waals surface area contributed by atoms with Gasteiger partial charge in [-0.25, -0.2) is 9.37 Å². The van der Waals surface area contributed by atoms with E-state index in [4.69, 9.17) is 11.6 Å². The second-order valence-corrected chi connectivity index (χ2v) is 6.62. The molecule has 1 aromatic carbocycles. The SMILES string of the molecule is CC(C)N(C)CCCn1c(CCl)nc2cc(Br)c(F)cc21. The molecule has 0 saturated carbocycles.